The van der Waals surface area contributed by atoms with E-state index in [9.17, 15) is 4.79 Å². The molecule has 1 aromatic carbocycles. The Morgan fingerprint density at radius 3 is 2.63 bits per heavy atom. The van der Waals surface area contributed by atoms with Crippen molar-refractivity contribution in [3.05, 3.63) is 34.3 Å². The van der Waals surface area contributed by atoms with Crippen LogP contribution in [0.1, 0.15) is 28.8 Å². The zero-order chi connectivity index (χ0) is 14.0. The first kappa shape index (κ1) is 14.3. The van der Waals surface area contributed by atoms with E-state index in [1.165, 1.54) is 0 Å². The number of carbonyl (C=O) groups excluding carboxylic acids is 1. The van der Waals surface area contributed by atoms with E-state index in [4.69, 9.17) is 29.6 Å². The first-order chi connectivity index (χ1) is 9.00. The average molecular weight is 297 g/mol. The van der Waals surface area contributed by atoms with Gasteiger partial charge in [0.1, 0.15) is 0 Å². The number of rotatable bonds is 2. The Bertz CT molecular complexity index is 510. The third-order valence-corrected chi connectivity index (χ3v) is 4.43. The molecular weight excluding hydrogens is 280 g/mol. The highest BCUT2D eigenvalue weighted by Gasteiger charge is 2.25. The van der Waals surface area contributed by atoms with Gasteiger partial charge in [0.25, 0.3) is 5.91 Å². The molecule has 1 amide bonds. The number of carbonyl (C=O) groups is 1. The lowest BCUT2D eigenvalue weighted by Gasteiger charge is -2.31. The maximum atomic E-state index is 12.5. The van der Waals surface area contributed by atoms with E-state index >= 15 is 0 Å². The van der Waals surface area contributed by atoms with E-state index in [0.29, 0.717) is 28.7 Å². The molecule has 102 valence electrons. The molecule has 0 unspecified atom stereocenters. The van der Waals surface area contributed by atoms with Gasteiger partial charge in [0.05, 0.1) is 4.99 Å². The molecule has 1 aliphatic heterocycles. The van der Waals surface area contributed by atoms with Gasteiger partial charge in [-0.1, -0.05) is 29.9 Å². The zero-order valence-electron chi connectivity index (χ0n) is 10.9. The Morgan fingerprint density at radius 1 is 1.42 bits per heavy atom. The maximum absolute atomic E-state index is 12.5. The molecule has 0 atom stereocenters. The minimum atomic E-state index is 0.0430. The lowest BCUT2D eigenvalue weighted by molar-refractivity contribution is 0.0709. The van der Waals surface area contributed by atoms with Crippen molar-refractivity contribution in [2.75, 3.05) is 13.1 Å². The van der Waals surface area contributed by atoms with Gasteiger partial charge in [-0.25, -0.2) is 0 Å². The molecule has 19 heavy (non-hydrogen) atoms. The zero-order valence-corrected chi connectivity index (χ0v) is 12.4. The summed E-state index contributed by atoms with van der Waals surface area (Å²) in [4.78, 5) is 14.9. The molecule has 3 nitrogen and oxygen atoms in total. The van der Waals surface area contributed by atoms with Gasteiger partial charge >= 0.3 is 0 Å². The molecule has 1 saturated heterocycles. The van der Waals surface area contributed by atoms with Crippen molar-refractivity contribution in [2.24, 2.45) is 11.7 Å². The number of hydrogen-bond acceptors (Lipinski definition) is 2. The SMILES string of the molecule is Cc1c(Cl)cccc1C(=O)N1CCC(C(N)=S)CC1. The average Bonchev–Trinajstić information content (AvgIpc) is 2.41. The van der Waals surface area contributed by atoms with E-state index in [1.54, 1.807) is 6.07 Å². The van der Waals surface area contributed by atoms with Crippen molar-refractivity contribution in [1.29, 1.82) is 0 Å². The van der Waals surface area contributed by atoms with Crippen molar-refractivity contribution in [3.8, 4) is 0 Å². The molecule has 2 N–H and O–H groups in total. The highest BCUT2D eigenvalue weighted by atomic mass is 35.5. The van der Waals surface area contributed by atoms with Crippen LogP contribution in [0.2, 0.25) is 5.02 Å². The van der Waals surface area contributed by atoms with Crippen LogP contribution < -0.4 is 5.73 Å². The molecule has 1 aliphatic rings. The number of thiocarbonyl (C=S) groups is 1. The van der Waals surface area contributed by atoms with Crippen LogP contribution in [0.15, 0.2) is 18.2 Å². The van der Waals surface area contributed by atoms with Gasteiger partial charge in [-0.05, 0) is 37.5 Å². The lowest BCUT2D eigenvalue weighted by atomic mass is 9.96. The predicted octanol–water partition coefficient (Wildman–Crippen LogP) is 2.79. The molecule has 0 aromatic heterocycles. The Labute approximate surface area is 123 Å². The fourth-order valence-electron chi connectivity index (χ4n) is 2.38. The van der Waals surface area contributed by atoms with E-state index in [1.807, 2.05) is 24.0 Å². The largest absolute Gasteiger partial charge is 0.393 e. The molecule has 0 spiro atoms. The van der Waals surface area contributed by atoms with Gasteiger partial charge in [-0.3, -0.25) is 4.79 Å². The summed E-state index contributed by atoms with van der Waals surface area (Å²) in [7, 11) is 0. The molecule has 0 radical (unpaired) electrons. The van der Waals surface area contributed by atoms with Crippen LogP contribution in [0.25, 0.3) is 0 Å². The van der Waals surface area contributed by atoms with Crippen LogP contribution >= 0.6 is 23.8 Å². The van der Waals surface area contributed by atoms with Crippen molar-refractivity contribution >= 4 is 34.7 Å². The normalized spacial score (nSPS) is 16.4. The summed E-state index contributed by atoms with van der Waals surface area (Å²) >= 11 is 11.1. The number of likely N-dealkylation sites (tertiary alicyclic amines) is 1. The second-order valence-electron chi connectivity index (χ2n) is 4.88. The van der Waals surface area contributed by atoms with E-state index in [-0.39, 0.29) is 11.8 Å². The second-order valence-corrected chi connectivity index (χ2v) is 5.76. The highest BCUT2D eigenvalue weighted by molar-refractivity contribution is 7.80. The first-order valence-electron chi connectivity index (χ1n) is 6.34. The second kappa shape index (κ2) is 5.88. The monoisotopic (exact) mass is 296 g/mol. The topological polar surface area (TPSA) is 46.3 Å². The quantitative estimate of drug-likeness (QED) is 0.854. The molecule has 0 saturated carbocycles. The summed E-state index contributed by atoms with van der Waals surface area (Å²) in [6.07, 6.45) is 1.70. The maximum Gasteiger partial charge on any atom is 0.254 e. The molecule has 0 aliphatic carbocycles. The van der Waals surface area contributed by atoms with Crippen LogP contribution in [0.4, 0.5) is 0 Å². The highest BCUT2D eigenvalue weighted by Crippen LogP contribution is 2.23. The minimum absolute atomic E-state index is 0.0430. The number of piperidine rings is 1. The molecule has 1 heterocycles. The summed E-state index contributed by atoms with van der Waals surface area (Å²) < 4.78 is 0. The number of nitrogens with two attached hydrogens (primary N) is 1. The Hall–Kier alpha value is -1.13. The summed E-state index contributed by atoms with van der Waals surface area (Å²) in [5, 5.41) is 0.629. The molecule has 1 fully saturated rings. The summed E-state index contributed by atoms with van der Waals surface area (Å²) in [5.74, 6) is 0.306. The van der Waals surface area contributed by atoms with E-state index in [0.717, 1.165) is 18.4 Å². The van der Waals surface area contributed by atoms with Crippen LogP contribution in [-0.4, -0.2) is 28.9 Å². The molecule has 2 rings (SSSR count). The van der Waals surface area contributed by atoms with Gasteiger partial charge in [0.15, 0.2) is 0 Å². The van der Waals surface area contributed by atoms with Crippen LogP contribution in [0.5, 0.6) is 0 Å². The standard InChI is InChI=1S/C14H17ClN2OS/c1-9-11(3-2-4-12(9)15)14(18)17-7-5-10(6-8-17)13(16)19/h2-4,10H,5-8H2,1H3,(H2,16,19). The van der Waals surface area contributed by atoms with E-state index < -0.39 is 0 Å². The fourth-order valence-corrected chi connectivity index (χ4v) is 2.79. The minimum Gasteiger partial charge on any atom is -0.393 e. The van der Waals surface area contributed by atoms with E-state index in [2.05, 4.69) is 0 Å². The third kappa shape index (κ3) is 3.07. The first-order valence-corrected chi connectivity index (χ1v) is 7.13. The molecule has 5 heteroatoms. The third-order valence-electron chi connectivity index (χ3n) is 3.68. The summed E-state index contributed by atoms with van der Waals surface area (Å²) in [6, 6.07) is 5.43. The Balaban J connectivity index is 2.09. The van der Waals surface area contributed by atoms with Gasteiger partial charge in [-0.15, -0.1) is 0 Å². The van der Waals surface area contributed by atoms with Crippen molar-refractivity contribution in [1.82, 2.24) is 4.90 Å². The Kier molecular flexibility index (Phi) is 4.42. The molecular formula is C14H17ClN2OS. The number of nitrogens with zero attached hydrogens (tertiary/aromatic N) is 1. The van der Waals surface area contributed by atoms with Crippen molar-refractivity contribution in [2.45, 2.75) is 19.8 Å². The van der Waals surface area contributed by atoms with Gasteiger partial charge in [0.2, 0.25) is 0 Å². The summed E-state index contributed by atoms with van der Waals surface area (Å²) in [5.41, 5.74) is 7.17. The van der Waals surface area contributed by atoms with Crippen molar-refractivity contribution < 1.29 is 4.79 Å². The van der Waals surface area contributed by atoms with Gasteiger partial charge in [0, 0.05) is 29.6 Å². The van der Waals surface area contributed by atoms with Crippen molar-refractivity contribution in [3.63, 3.8) is 0 Å². The molecule has 1 aromatic rings. The molecule has 0 bridgehead atoms. The fraction of sp³-hybridized carbons (Fsp3) is 0.429. The number of halogens is 1. The smallest absolute Gasteiger partial charge is 0.254 e. The predicted molar refractivity (Wildman–Crippen MR) is 81.6 cm³/mol. The van der Waals surface area contributed by atoms with Crippen LogP contribution in [-0.2, 0) is 0 Å². The number of benzene rings is 1. The van der Waals surface area contributed by atoms with Gasteiger partial charge < -0.3 is 10.6 Å². The Morgan fingerprint density at radius 2 is 2.05 bits per heavy atom. The number of amides is 1. The van der Waals surface area contributed by atoms with Gasteiger partial charge in [-0.2, -0.15) is 0 Å². The van der Waals surface area contributed by atoms with Crippen LogP contribution in [0.3, 0.4) is 0 Å². The number of hydrogen-bond donors (Lipinski definition) is 1. The van der Waals surface area contributed by atoms with Crippen LogP contribution in [0, 0.1) is 12.8 Å². The summed E-state index contributed by atoms with van der Waals surface area (Å²) in [6.45, 7) is 3.27. The lowest BCUT2D eigenvalue weighted by Crippen LogP contribution is -2.41.